The lowest BCUT2D eigenvalue weighted by atomic mass is 10.1. The van der Waals surface area contributed by atoms with Gasteiger partial charge in [-0.05, 0) is 26.0 Å². The molecule has 0 saturated carbocycles. The summed E-state index contributed by atoms with van der Waals surface area (Å²) in [6.45, 7) is 4.42. The van der Waals surface area contributed by atoms with Gasteiger partial charge in [0, 0.05) is 18.4 Å². The van der Waals surface area contributed by atoms with E-state index in [0.29, 0.717) is 18.0 Å². The van der Waals surface area contributed by atoms with Crippen LogP contribution in [0, 0.1) is 0 Å². The lowest BCUT2D eigenvalue weighted by molar-refractivity contribution is -0.145. The second kappa shape index (κ2) is 6.96. The summed E-state index contributed by atoms with van der Waals surface area (Å²) in [7, 11) is 1.29. The summed E-state index contributed by atoms with van der Waals surface area (Å²) in [5.41, 5.74) is 0.673. The number of esters is 1. The Bertz CT molecular complexity index is 784. The highest BCUT2D eigenvalue weighted by Gasteiger charge is 2.36. The summed E-state index contributed by atoms with van der Waals surface area (Å²) in [5, 5.41) is 0. The first-order valence-electron chi connectivity index (χ1n) is 8.17. The molecule has 2 heterocycles. The molecular formula is C18H21N3O4. The van der Waals surface area contributed by atoms with E-state index in [-0.39, 0.29) is 18.4 Å². The second-order valence-electron chi connectivity index (χ2n) is 6.12. The summed E-state index contributed by atoms with van der Waals surface area (Å²) >= 11 is 0. The molecule has 0 aliphatic carbocycles. The number of ether oxygens (including phenoxy) is 2. The van der Waals surface area contributed by atoms with Crippen molar-refractivity contribution >= 4 is 17.6 Å². The fourth-order valence-electron chi connectivity index (χ4n) is 2.88. The fraction of sp³-hybridized carbons (Fsp3) is 0.389. The Morgan fingerprint density at radius 3 is 2.84 bits per heavy atom. The van der Waals surface area contributed by atoms with E-state index in [2.05, 4.69) is 23.6 Å². The van der Waals surface area contributed by atoms with Gasteiger partial charge in [0.05, 0.1) is 25.8 Å². The number of fused-ring (bicyclic) bond motifs is 1. The van der Waals surface area contributed by atoms with Crippen molar-refractivity contribution < 1.29 is 19.1 Å². The number of rotatable bonds is 5. The molecule has 0 fully saturated rings. The molecule has 0 radical (unpaired) electrons. The molecule has 3 rings (SSSR count). The van der Waals surface area contributed by atoms with Gasteiger partial charge in [0.15, 0.2) is 6.10 Å². The average molecular weight is 343 g/mol. The van der Waals surface area contributed by atoms with E-state index in [1.54, 1.807) is 17.2 Å². The van der Waals surface area contributed by atoms with Crippen molar-refractivity contribution in [2.45, 2.75) is 39.0 Å². The van der Waals surface area contributed by atoms with Gasteiger partial charge in [0.1, 0.15) is 11.6 Å². The number of hydrogen-bond acceptors (Lipinski definition) is 5. The maximum absolute atomic E-state index is 12.9. The van der Waals surface area contributed by atoms with Gasteiger partial charge in [0.25, 0.3) is 5.91 Å². The number of nitrogens with zero attached hydrogens (tertiary/aromatic N) is 3. The van der Waals surface area contributed by atoms with Crippen LogP contribution in [0.2, 0.25) is 0 Å². The van der Waals surface area contributed by atoms with Crippen LogP contribution in [-0.2, 0) is 20.9 Å². The number of amides is 1. The van der Waals surface area contributed by atoms with Crippen molar-refractivity contribution in [1.29, 1.82) is 0 Å². The quantitative estimate of drug-likeness (QED) is 0.779. The lowest BCUT2D eigenvalue weighted by Crippen LogP contribution is -2.46. The Kier molecular flexibility index (Phi) is 4.74. The van der Waals surface area contributed by atoms with Gasteiger partial charge in [-0.25, -0.2) is 4.98 Å². The number of methoxy groups -OCH3 is 1. The summed E-state index contributed by atoms with van der Waals surface area (Å²) < 4.78 is 12.4. The van der Waals surface area contributed by atoms with Crippen LogP contribution in [0.4, 0.5) is 5.69 Å². The number of carbonyl (C=O) groups excluding carboxylic acids is 2. The first kappa shape index (κ1) is 17.0. The van der Waals surface area contributed by atoms with E-state index in [1.165, 1.54) is 7.11 Å². The Labute approximate surface area is 146 Å². The number of aromatic nitrogens is 2. The van der Waals surface area contributed by atoms with Gasteiger partial charge in [-0.2, -0.15) is 0 Å². The first-order valence-corrected chi connectivity index (χ1v) is 8.17. The molecule has 0 saturated heterocycles. The third kappa shape index (κ3) is 3.35. The molecule has 1 unspecified atom stereocenters. The number of para-hydroxylation sites is 2. The predicted molar refractivity (Wildman–Crippen MR) is 91.3 cm³/mol. The van der Waals surface area contributed by atoms with Gasteiger partial charge in [-0.3, -0.25) is 14.5 Å². The van der Waals surface area contributed by atoms with E-state index >= 15 is 0 Å². The minimum Gasteiger partial charge on any atom is -0.478 e. The normalized spacial score (nSPS) is 16.6. The van der Waals surface area contributed by atoms with Crippen molar-refractivity contribution in [3.8, 4) is 5.75 Å². The standard InChI is InChI=1S/C18H21N3O4/c1-12(2)20-9-8-19-16(20)11-21-13-6-4-5-7-14(13)25-15(18(21)23)10-17(22)24-3/h4-9,12,15H,10-11H2,1-3H3. The summed E-state index contributed by atoms with van der Waals surface area (Å²) in [6.07, 6.45) is 2.59. The van der Waals surface area contributed by atoms with Crippen LogP contribution in [0.5, 0.6) is 5.75 Å². The van der Waals surface area contributed by atoms with Gasteiger partial charge in [0.2, 0.25) is 0 Å². The first-order chi connectivity index (χ1) is 12.0. The minimum absolute atomic E-state index is 0.126. The summed E-state index contributed by atoms with van der Waals surface area (Å²) in [4.78, 5) is 30.5. The van der Waals surface area contributed by atoms with Gasteiger partial charge < -0.3 is 14.0 Å². The smallest absolute Gasteiger partial charge is 0.309 e. The molecule has 2 aromatic rings. The highest BCUT2D eigenvalue weighted by Crippen LogP contribution is 2.35. The topological polar surface area (TPSA) is 73.7 Å². The van der Waals surface area contributed by atoms with Crippen LogP contribution in [-0.4, -0.2) is 34.6 Å². The van der Waals surface area contributed by atoms with Crippen LogP contribution in [0.3, 0.4) is 0 Å². The van der Waals surface area contributed by atoms with E-state index in [4.69, 9.17) is 4.74 Å². The zero-order chi connectivity index (χ0) is 18.0. The number of hydrogen-bond donors (Lipinski definition) is 0. The third-order valence-electron chi connectivity index (χ3n) is 4.15. The van der Waals surface area contributed by atoms with Crippen molar-refractivity contribution in [1.82, 2.24) is 9.55 Å². The van der Waals surface area contributed by atoms with E-state index in [1.807, 2.05) is 29.0 Å². The summed E-state index contributed by atoms with van der Waals surface area (Å²) in [6, 6.07) is 7.52. The molecule has 132 valence electrons. The molecule has 1 aliphatic rings. The van der Waals surface area contributed by atoms with Gasteiger partial charge in [-0.1, -0.05) is 12.1 Å². The Morgan fingerprint density at radius 2 is 2.12 bits per heavy atom. The number of benzene rings is 1. The van der Waals surface area contributed by atoms with Crippen LogP contribution >= 0.6 is 0 Å². The number of carbonyl (C=O) groups is 2. The Balaban J connectivity index is 1.93. The molecule has 0 bridgehead atoms. The van der Waals surface area contributed by atoms with Crippen molar-refractivity contribution in [2.75, 3.05) is 12.0 Å². The van der Waals surface area contributed by atoms with E-state index < -0.39 is 12.1 Å². The zero-order valence-electron chi connectivity index (χ0n) is 14.5. The van der Waals surface area contributed by atoms with E-state index in [0.717, 1.165) is 5.82 Å². The van der Waals surface area contributed by atoms with Crippen molar-refractivity contribution in [3.05, 3.63) is 42.5 Å². The number of imidazole rings is 1. The second-order valence-corrected chi connectivity index (χ2v) is 6.12. The Hall–Kier alpha value is -2.83. The molecule has 1 aliphatic heterocycles. The molecule has 1 atom stereocenters. The molecular weight excluding hydrogens is 322 g/mol. The monoisotopic (exact) mass is 343 g/mol. The van der Waals surface area contributed by atoms with Crippen molar-refractivity contribution in [2.24, 2.45) is 0 Å². The maximum atomic E-state index is 12.9. The van der Waals surface area contributed by atoms with Gasteiger partial charge in [-0.15, -0.1) is 0 Å². The summed E-state index contributed by atoms with van der Waals surface area (Å²) in [5.74, 6) is 0.583. The van der Waals surface area contributed by atoms with Crippen molar-refractivity contribution in [3.63, 3.8) is 0 Å². The highest BCUT2D eigenvalue weighted by molar-refractivity contribution is 6.01. The van der Waals surface area contributed by atoms with Crippen LogP contribution in [0.25, 0.3) is 0 Å². The Morgan fingerprint density at radius 1 is 1.36 bits per heavy atom. The molecule has 1 aromatic heterocycles. The largest absolute Gasteiger partial charge is 0.478 e. The average Bonchev–Trinajstić information content (AvgIpc) is 3.07. The van der Waals surface area contributed by atoms with E-state index in [9.17, 15) is 9.59 Å². The SMILES string of the molecule is COC(=O)CC1Oc2ccccc2N(Cc2nccn2C(C)C)C1=O. The lowest BCUT2D eigenvalue weighted by Gasteiger charge is -2.34. The van der Waals surface area contributed by atoms with Crippen LogP contribution in [0.1, 0.15) is 32.1 Å². The zero-order valence-corrected chi connectivity index (χ0v) is 14.5. The minimum atomic E-state index is -0.898. The van der Waals surface area contributed by atoms with Crippen LogP contribution in [0.15, 0.2) is 36.7 Å². The molecule has 1 amide bonds. The fourth-order valence-corrected chi connectivity index (χ4v) is 2.88. The number of anilines is 1. The molecule has 0 spiro atoms. The molecule has 25 heavy (non-hydrogen) atoms. The predicted octanol–water partition coefficient (Wildman–Crippen LogP) is 2.32. The molecule has 7 heteroatoms. The van der Waals surface area contributed by atoms with Gasteiger partial charge >= 0.3 is 5.97 Å². The third-order valence-corrected chi connectivity index (χ3v) is 4.15. The van der Waals surface area contributed by atoms with Crippen LogP contribution < -0.4 is 9.64 Å². The molecule has 1 aromatic carbocycles. The maximum Gasteiger partial charge on any atom is 0.309 e. The highest BCUT2D eigenvalue weighted by atomic mass is 16.5. The molecule has 7 nitrogen and oxygen atoms in total. The molecule has 0 N–H and O–H groups in total.